The van der Waals surface area contributed by atoms with Crippen LogP contribution in [0.3, 0.4) is 0 Å². The number of hydrogen-bond donors (Lipinski definition) is 1. The smallest absolute Gasteiger partial charge is 0.227 e. The van der Waals surface area contributed by atoms with Crippen molar-refractivity contribution in [2.24, 2.45) is 0 Å². The van der Waals surface area contributed by atoms with Crippen molar-refractivity contribution in [2.45, 2.75) is 26.8 Å². The summed E-state index contributed by atoms with van der Waals surface area (Å²) in [7, 11) is 0. The third kappa shape index (κ3) is 3.66. The lowest BCUT2D eigenvalue weighted by Crippen LogP contribution is -2.05. The van der Waals surface area contributed by atoms with E-state index in [9.17, 15) is 5.11 Å². The molecule has 0 spiro atoms. The Kier molecular flexibility index (Phi) is 4.92. The molecule has 0 amide bonds. The minimum atomic E-state index is 0.272. The Balaban J connectivity index is 1.56. The molecule has 0 atom stereocenters. The Labute approximate surface area is 168 Å². The van der Waals surface area contributed by atoms with E-state index in [1.165, 1.54) is 5.56 Å². The normalized spacial score (nSPS) is 11.1. The van der Waals surface area contributed by atoms with Gasteiger partial charge in [0.2, 0.25) is 5.89 Å². The summed E-state index contributed by atoms with van der Waals surface area (Å²) >= 11 is 6.23. The van der Waals surface area contributed by atoms with Gasteiger partial charge < -0.3 is 9.52 Å². The lowest BCUT2D eigenvalue weighted by Gasteiger charge is -2.05. The fraction of sp³-hybridized carbons (Fsp3) is 0.182. The fourth-order valence-corrected chi connectivity index (χ4v) is 3.47. The average Bonchev–Trinajstić information content (AvgIpc) is 3.24. The van der Waals surface area contributed by atoms with Crippen LogP contribution in [0.2, 0.25) is 5.02 Å². The second kappa shape index (κ2) is 7.52. The molecular weight excluding hydrogens is 374 g/mol. The van der Waals surface area contributed by atoms with Crippen molar-refractivity contribution in [3.05, 3.63) is 88.0 Å². The maximum atomic E-state index is 9.46. The van der Waals surface area contributed by atoms with Gasteiger partial charge in [-0.3, -0.25) is 4.68 Å². The SMILES string of the molecule is Cc1nn(Cc2coc(-c3ccccc3Cl)n2)c(C)c1Cc1ccc(O)cc1. The Morgan fingerprint density at radius 1 is 1.07 bits per heavy atom. The molecule has 0 saturated heterocycles. The van der Waals surface area contributed by atoms with Gasteiger partial charge in [0, 0.05) is 17.7 Å². The van der Waals surface area contributed by atoms with Crippen LogP contribution in [0, 0.1) is 13.8 Å². The minimum Gasteiger partial charge on any atom is -0.508 e. The number of benzene rings is 2. The standard InChI is InChI=1S/C22H20ClN3O2/c1-14-20(11-16-7-9-18(27)10-8-16)15(2)26(25-14)12-17-13-28-22(24-17)19-5-3-4-6-21(19)23/h3-10,13,27H,11-12H2,1-2H3. The average molecular weight is 394 g/mol. The van der Waals surface area contributed by atoms with Crippen molar-refractivity contribution in [3.63, 3.8) is 0 Å². The molecule has 0 bridgehead atoms. The first-order valence-electron chi connectivity index (χ1n) is 9.01. The molecule has 6 heteroatoms. The number of nitrogens with zero attached hydrogens (tertiary/aromatic N) is 3. The van der Waals surface area contributed by atoms with Gasteiger partial charge in [0.1, 0.15) is 17.7 Å². The molecule has 0 saturated carbocycles. The predicted molar refractivity (Wildman–Crippen MR) is 109 cm³/mol. The van der Waals surface area contributed by atoms with Gasteiger partial charge in [-0.15, -0.1) is 0 Å². The maximum Gasteiger partial charge on any atom is 0.227 e. The van der Waals surface area contributed by atoms with Crippen LogP contribution in [-0.2, 0) is 13.0 Å². The summed E-state index contributed by atoms with van der Waals surface area (Å²) < 4.78 is 7.57. The molecule has 28 heavy (non-hydrogen) atoms. The lowest BCUT2D eigenvalue weighted by molar-refractivity contribution is 0.475. The summed E-state index contributed by atoms with van der Waals surface area (Å²) in [6.45, 7) is 4.60. The van der Waals surface area contributed by atoms with Crippen LogP contribution in [0.25, 0.3) is 11.5 Å². The monoisotopic (exact) mass is 393 g/mol. The number of rotatable bonds is 5. The molecule has 142 valence electrons. The minimum absolute atomic E-state index is 0.272. The van der Waals surface area contributed by atoms with Crippen LogP contribution in [0.1, 0.15) is 28.2 Å². The van der Waals surface area contributed by atoms with Gasteiger partial charge in [-0.25, -0.2) is 4.98 Å². The van der Waals surface area contributed by atoms with Crippen LogP contribution in [0.5, 0.6) is 5.75 Å². The molecule has 0 aliphatic carbocycles. The number of aromatic hydroxyl groups is 1. The number of halogens is 1. The zero-order valence-electron chi connectivity index (χ0n) is 15.7. The van der Waals surface area contributed by atoms with Crippen LogP contribution >= 0.6 is 11.6 Å². The Morgan fingerprint density at radius 3 is 2.57 bits per heavy atom. The third-order valence-corrected chi connectivity index (χ3v) is 5.15. The molecule has 0 aliphatic heterocycles. The van der Waals surface area contributed by atoms with E-state index in [2.05, 4.69) is 17.0 Å². The molecule has 0 aliphatic rings. The topological polar surface area (TPSA) is 64.1 Å². The van der Waals surface area contributed by atoms with Gasteiger partial charge in [-0.05, 0) is 43.7 Å². The first-order chi connectivity index (χ1) is 13.5. The molecule has 1 N–H and O–H groups in total. The fourth-order valence-electron chi connectivity index (χ4n) is 3.25. The van der Waals surface area contributed by atoms with Crippen LogP contribution in [0.4, 0.5) is 0 Å². The molecule has 4 aromatic rings. The van der Waals surface area contributed by atoms with Gasteiger partial charge >= 0.3 is 0 Å². The molecule has 2 aromatic carbocycles. The zero-order chi connectivity index (χ0) is 19.7. The van der Waals surface area contributed by atoms with Gasteiger partial charge in [0.25, 0.3) is 0 Å². The quantitative estimate of drug-likeness (QED) is 0.509. The summed E-state index contributed by atoms with van der Waals surface area (Å²) in [6.07, 6.45) is 2.41. The highest BCUT2D eigenvalue weighted by molar-refractivity contribution is 6.33. The molecule has 0 fully saturated rings. The number of aromatic nitrogens is 3. The molecule has 0 radical (unpaired) electrons. The Morgan fingerprint density at radius 2 is 1.82 bits per heavy atom. The number of phenolic OH excluding ortho intramolecular Hbond substituents is 1. The van der Waals surface area contributed by atoms with E-state index in [0.717, 1.165) is 34.6 Å². The Bertz CT molecular complexity index is 1110. The number of oxazole rings is 1. The van der Waals surface area contributed by atoms with Crippen LogP contribution < -0.4 is 0 Å². The van der Waals surface area contributed by atoms with Crippen molar-refractivity contribution in [1.29, 1.82) is 0 Å². The second-order valence-electron chi connectivity index (χ2n) is 6.77. The van der Waals surface area contributed by atoms with Crippen LogP contribution in [0.15, 0.2) is 59.2 Å². The third-order valence-electron chi connectivity index (χ3n) is 4.82. The van der Waals surface area contributed by atoms with Gasteiger partial charge in [-0.1, -0.05) is 35.9 Å². The predicted octanol–water partition coefficient (Wildman–Crippen LogP) is 5.15. The van der Waals surface area contributed by atoms with Crippen molar-refractivity contribution < 1.29 is 9.52 Å². The van der Waals surface area contributed by atoms with Gasteiger partial charge in [0.15, 0.2) is 0 Å². The number of phenols is 1. The second-order valence-corrected chi connectivity index (χ2v) is 7.18. The maximum absolute atomic E-state index is 9.46. The molecule has 2 aromatic heterocycles. The molecule has 5 nitrogen and oxygen atoms in total. The number of hydrogen-bond acceptors (Lipinski definition) is 4. The number of aryl methyl sites for hydroxylation is 1. The summed E-state index contributed by atoms with van der Waals surface area (Å²) in [5, 5.41) is 14.7. The highest BCUT2D eigenvalue weighted by Gasteiger charge is 2.15. The summed E-state index contributed by atoms with van der Waals surface area (Å²) in [6, 6.07) is 14.8. The van der Waals surface area contributed by atoms with Crippen molar-refractivity contribution in [2.75, 3.05) is 0 Å². The lowest BCUT2D eigenvalue weighted by atomic mass is 10.0. The van der Waals surface area contributed by atoms with E-state index in [0.29, 0.717) is 17.5 Å². The molecule has 0 unspecified atom stereocenters. The molecule has 4 rings (SSSR count). The van der Waals surface area contributed by atoms with E-state index < -0.39 is 0 Å². The van der Waals surface area contributed by atoms with Crippen molar-refractivity contribution in [1.82, 2.24) is 14.8 Å². The van der Waals surface area contributed by atoms with Gasteiger partial charge in [0.05, 0.1) is 22.8 Å². The molecular formula is C22H20ClN3O2. The molecule has 2 heterocycles. The van der Waals surface area contributed by atoms with Gasteiger partial charge in [-0.2, -0.15) is 5.10 Å². The van der Waals surface area contributed by atoms with Crippen molar-refractivity contribution >= 4 is 11.6 Å². The Hall–Kier alpha value is -3.05. The summed E-state index contributed by atoms with van der Waals surface area (Å²) in [4.78, 5) is 4.57. The van der Waals surface area contributed by atoms with Crippen LogP contribution in [-0.4, -0.2) is 19.9 Å². The van der Waals surface area contributed by atoms with Crippen molar-refractivity contribution in [3.8, 4) is 17.2 Å². The highest BCUT2D eigenvalue weighted by atomic mass is 35.5. The van der Waals surface area contributed by atoms with E-state index in [4.69, 9.17) is 16.0 Å². The summed E-state index contributed by atoms with van der Waals surface area (Å²) in [5.41, 5.74) is 5.95. The van der Waals surface area contributed by atoms with E-state index in [1.807, 2.05) is 48.0 Å². The zero-order valence-corrected chi connectivity index (χ0v) is 16.4. The largest absolute Gasteiger partial charge is 0.508 e. The van der Waals surface area contributed by atoms with E-state index >= 15 is 0 Å². The summed E-state index contributed by atoms with van der Waals surface area (Å²) in [5.74, 6) is 0.777. The van der Waals surface area contributed by atoms with E-state index in [1.54, 1.807) is 18.4 Å². The first-order valence-corrected chi connectivity index (χ1v) is 9.39. The first kappa shape index (κ1) is 18.3. The highest BCUT2D eigenvalue weighted by Crippen LogP contribution is 2.27. The van der Waals surface area contributed by atoms with E-state index in [-0.39, 0.29) is 5.75 Å².